The lowest BCUT2D eigenvalue weighted by Crippen LogP contribution is -2.38. The van der Waals surface area contributed by atoms with E-state index in [2.05, 4.69) is 25.4 Å². The Bertz CT molecular complexity index is 974. The summed E-state index contributed by atoms with van der Waals surface area (Å²) < 4.78 is 1.72. The van der Waals surface area contributed by atoms with Gasteiger partial charge in [-0.2, -0.15) is 5.10 Å². The van der Waals surface area contributed by atoms with E-state index < -0.39 is 0 Å². The lowest BCUT2D eigenvalue weighted by atomic mass is 9.92. The fourth-order valence-electron chi connectivity index (χ4n) is 3.42. The maximum atomic E-state index is 12.4. The van der Waals surface area contributed by atoms with E-state index in [1.54, 1.807) is 29.5 Å². The molecule has 150 valence electrons. The molecule has 1 N–H and O–H groups in total. The highest BCUT2D eigenvalue weighted by atomic mass is 32.1. The Kier molecular flexibility index (Phi) is 5.95. The SMILES string of the molecule is Cn1cc(C=CC(=O)N2CCC(Cc3cc(Nc4nccs4)ncn3)CC2)cn1. The largest absolute Gasteiger partial charge is 0.339 e. The van der Waals surface area contributed by atoms with Crippen molar-refractivity contribution < 1.29 is 4.79 Å². The third-order valence-corrected chi connectivity index (χ3v) is 5.65. The van der Waals surface area contributed by atoms with E-state index in [9.17, 15) is 4.79 Å². The molecule has 1 fully saturated rings. The molecule has 3 aromatic rings. The quantitative estimate of drug-likeness (QED) is 0.630. The van der Waals surface area contributed by atoms with Crippen LogP contribution in [0.15, 0.2) is 42.4 Å². The average molecular weight is 410 g/mol. The lowest BCUT2D eigenvalue weighted by Gasteiger charge is -2.31. The summed E-state index contributed by atoms with van der Waals surface area (Å²) in [6.45, 7) is 1.55. The lowest BCUT2D eigenvalue weighted by molar-refractivity contribution is -0.127. The third kappa shape index (κ3) is 5.26. The number of rotatable bonds is 6. The number of anilines is 2. The van der Waals surface area contributed by atoms with Gasteiger partial charge in [0.15, 0.2) is 5.13 Å². The van der Waals surface area contributed by atoms with Gasteiger partial charge in [-0.3, -0.25) is 9.48 Å². The topological polar surface area (TPSA) is 88.8 Å². The highest BCUT2D eigenvalue weighted by Gasteiger charge is 2.22. The number of nitrogens with one attached hydrogen (secondary N) is 1. The van der Waals surface area contributed by atoms with Gasteiger partial charge in [-0.1, -0.05) is 0 Å². The van der Waals surface area contributed by atoms with Gasteiger partial charge >= 0.3 is 0 Å². The summed E-state index contributed by atoms with van der Waals surface area (Å²) in [6.07, 6.45) is 13.3. The predicted molar refractivity (Wildman–Crippen MR) is 113 cm³/mol. The monoisotopic (exact) mass is 409 g/mol. The standard InChI is InChI=1S/C20H23N7OS/c1-26-13-16(12-24-26)2-3-19(28)27-7-4-15(5-8-27)10-17-11-18(23-14-22-17)25-20-21-6-9-29-20/h2-3,6,9,11-15H,4-5,7-8,10H2,1H3,(H,21,22,23,25). The Morgan fingerprint density at radius 2 is 2.17 bits per heavy atom. The summed E-state index contributed by atoms with van der Waals surface area (Å²) in [5.74, 6) is 1.34. The number of nitrogens with zero attached hydrogens (tertiary/aromatic N) is 6. The number of carbonyl (C=O) groups excluding carboxylic acids is 1. The molecule has 1 aliphatic heterocycles. The van der Waals surface area contributed by atoms with Gasteiger partial charge in [-0.25, -0.2) is 15.0 Å². The molecule has 0 spiro atoms. The van der Waals surface area contributed by atoms with Crippen LogP contribution >= 0.6 is 11.3 Å². The van der Waals surface area contributed by atoms with Crippen LogP contribution in [-0.2, 0) is 18.3 Å². The van der Waals surface area contributed by atoms with Gasteiger partial charge in [0.1, 0.15) is 12.1 Å². The van der Waals surface area contributed by atoms with E-state index >= 15 is 0 Å². The first-order valence-corrected chi connectivity index (χ1v) is 10.5. The van der Waals surface area contributed by atoms with E-state index in [1.165, 1.54) is 11.3 Å². The van der Waals surface area contributed by atoms with Crippen LogP contribution in [0.2, 0.25) is 0 Å². The first-order valence-electron chi connectivity index (χ1n) is 9.59. The molecule has 4 heterocycles. The molecular formula is C20H23N7OS. The Morgan fingerprint density at radius 1 is 1.31 bits per heavy atom. The molecule has 4 rings (SSSR count). The Morgan fingerprint density at radius 3 is 2.90 bits per heavy atom. The van der Waals surface area contributed by atoms with Crippen LogP contribution in [0.3, 0.4) is 0 Å². The van der Waals surface area contributed by atoms with Gasteiger partial charge in [-0.15, -0.1) is 11.3 Å². The summed E-state index contributed by atoms with van der Waals surface area (Å²) in [5.41, 5.74) is 1.95. The van der Waals surface area contributed by atoms with Crippen molar-refractivity contribution in [3.05, 3.63) is 53.7 Å². The zero-order valence-corrected chi connectivity index (χ0v) is 17.0. The molecule has 0 saturated carbocycles. The number of hydrogen-bond donors (Lipinski definition) is 1. The van der Waals surface area contributed by atoms with Crippen molar-refractivity contribution in [2.45, 2.75) is 19.3 Å². The molecule has 3 aromatic heterocycles. The predicted octanol–water partition coefficient (Wildman–Crippen LogP) is 2.90. The van der Waals surface area contributed by atoms with Crippen molar-refractivity contribution in [2.24, 2.45) is 13.0 Å². The number of hydrogen-bond acceptors (Lipinski definition) is 7. The van der Waals surface area contributed by atoms with Crippen LogP contribution < -0.4 is 5.32 Å². The van der Waals surface area contributed by atoms with E-state index in [1.807, 2.05) is 35.7 Å². The van der Waals surface area contributed by atoms with Crippen molar-refractivity contribution in [1.82, 2.24) is 29.6 Å². The number of thiazole rings is 1. The number of carbonyl (C=O) groups is 1. The second-order valence-electron chi connectivity index (χ2n) is 7.11. The molecule has 1 amide bonds. The second kappa shape index (κ2) is 8.95. The number of amides is 1. The maximum absolute atomic E-state index is 12.4. The zero-order valence-electron chi connectivity index (χ0n) is 16.2. The van der Waals surface area contributed by atoms with Crippen molar-refractivity contribution in [1.29, 1.82) is 0 Å². The number of aromatic nitrogens is 5. The van der Waals surface area contributed by atoms with Crippen LogP contribution in [0.1, 0.15) is 24.1 Å². The average Bonchev–Trinajstić information content (AvgIpc) is 3.39. The normalized spacial score (nSPS) is 15.1. The minimum absolute atomic E-state index is 0.0595. The summed E-state index contributed by atoms with van der Waals surface area (Å²) in [5, 5.41) is 10.1. The molecule has 8 nitrogen and oxygen atoms in total. The Labute approximate surface area is 173 Å². The molecule has 0 atom stereocenters. The number of likely N-dealkylation sites (tertiary alicyclic amines) is 1. The summed E-state index contributed by atoms with van der Waals surface area (Å²) in [7, 11) is 1.86. The minimum atomic E-state index is 0.0595. The van der Waals surface area contributed by atoms with Crippen LogP contribution in [0.5, 0.6) is 0 Å². The third-order valence-electron chi connectivity index (χ3n) is 4.96. The van der Waals surface area contributed by atoms with Gasteiger partial charge in [0.2, 0.25) is 5.91 Å². The fourth-order valence-corrected chi connectivity index (χ4v) is 3.96. The molecule has 0 aliphatic carbocycles. The smallest absolute Gasteiger partial charge is 0.246 e. The van der Waals surface area contributed by atoms with Gasteiger partial charge in [-0.05, 0) is 31.3 Å². The first-order chi connectivity index (χ1) is 14.2. The molecule has 1 saturated heterocycles. The molecular weight excluding hydrogens is 386 g/mol. The van der Waals surface area contributed by atoms with Crippen LogP contribution in [0.4, 0.5) is 10.9 Å². The van der Waals surface area contributed by atoms with Gasteiger partial charge in [0, 0.05) is 61.3 Å². The minimum Gasteiger partial charge on any atom is -0.339 e. The second-order valence-corrected chi connectivity index (χ2v) is 8.00. The van der Waals surface area contributed by atoms with Crippen molar-refractivity contribution >= 4 is 34.3 Å². The Hall–Kier alpha value is -3.07. The summed E-state index contributed by atoms with van der Waals surface area (Å²) in [4.78, 5) is 27.2. The molecule has 0 radical (unpaired) electrons. The van der Waals surface area contributed by atoms with Crippen LogP contribution in [-0.4, -0.2) is 48.6 Å². The molecule has 0 aromatic carbocycles. The van der Waals surface area contributed by atoms with E-state index in [4.69, 9.17) is 0 Å². The molecule has 0 bridgehead atoms. The molecule has 1 aliphatic rings. The van der Waals surface area contributed by atoms with Gasteiger partial charge in [0.05, 0.1) is 6.20 Å². The highest BCUT2D eigenvalue weighted by molar-refractivity contribution is 7.13. The molecule has 0 unspecified atom stereocenters. The van der Waals surface area contributed by atoms with Gasteiger partial charge in [0.25, 0.3) is 0 Å². The molecule has 9 heteroatoms. The summed E-state index contributed by atoms with van der Waals surface area (Å²) >= 11 is 1.54. The molecule has 29 heavy (non-hydrogen) atoms. The zero-order chi connectivity index (χ0) is 20.1. The highest BCUT2D eigenvalue weighted by Crippen LogP contribution is 2.23. The van der Waals surface area contributed by atoms with E-state index in [0.29, 0.717) is 5.92 Å². The first kappa shape index (κ1) is 19.3. The van der Waals surface area contributed by atoms with E-state index in [-0.39, 0.29) is 5.91 Å². The maximum Gasteiger partial charge on any atom is 0.246 e. The van der Waals surface area contributed by atoms with E-state index in [0.717, 1.165) is 54.6 Å². The number of aryl methyl sites for hydroxylation is 1. The Balaban J connectivity index is 1.27. The van der Waals surface area contributed by atoms with Gasteiger partial charge < -0.3 is 10.2 Å². The van der Waals surface area contributed by atoms with Crippen molar-refractivity contribution in [3.63, 3.8) is 0 Å². The van der Waals surface area contributed by atoms with Crippen LogP contribution in [0.25, 0.3) is 6.08 Å². The van der Waals surface area contributed by atoms with Crippen molar-refractivity contribution in [2.75, 3.05) is 18.4 Å². The van der Waals surface area contributed by atoms with Crippen molar-refractivity contribution in [3.8, 4) is 0 Å². The summed E-state index contributed by atoms with van der Waals surface area (Å²) in [6, 6.07) is 1.98. The van der Waals surface area contributed by atoms with Crippen LogP contribution in [0, 0.1) is 5.92 Å². The fraction of sp³-hybridized carbons (Fsp3) is 0.350. The number of piperidine rings is 1.